The number of aromatic hydroxyl groups is 1. The second-order valence-corrected chi connectivity index (χ2v) is 4.31. The fourth-order valence-corrected chi connectivity index (χ4v) is 0.519. The van der Waals surface area contributed by atoms with Crippen molar-refractivity contribution in [2.75, 3.05) is 19.6 Å². The number of aliphatic hydroxyl groups is 1. The molecule has 0 amide bonds. The van der Waals surface area contributed by atoms with Crippen LogP contribution in [0.15, 0.2) is 30.3 Å². The van der Waals surface area contributed by atoms with E-state index in [4.69, 9.17) is 20.0 Å². The first kappa shape index (κ1) is 23.2. The van der Waals surface area contributed by atoms with Crippen LogP contribution in [0.5, 0.6) is 5.75 Å². The minimum Gasteiger partial charge on any atom is -0.508 e. The van der Waals surface area contributed by atoms with E-state index in [1.54, 1.807) is 30.5 Å². The fraction of sp³-hybridized carbons (Fsp3) is 0.333. The molecular weight excluding hydrogens is 300 g/mol. The summed E-state index contributed by atoms with van der Waals surface area (Å²) in [5, 5.41) is 26.1. The van der Waals surface area contributed by atoms with E-state index in [0.717, 1.165) is 19.2 Å². The maximum Gasteiger partial charge on any atom is 0.261 e. The van der Waals surface area contributed by atoms with Crippen LogP contribution in [0.1, 0.15) is 0 Å². The number of rotatable bonds is 2. The quantitative estimate of drug-likeness (QED) is 0.274. The minimum atomic E-state index is -3.67. The van der Waals surface area contributed by atoms with Crippen molar-refractivity contribution in [3.63, 3.8) is 0 Å². The normalized spacial score (nSPS) is 8.74. The first-order valence-corrected chi connectivity index (χ1v) is 7.43. The fourth-order valence-electron chi connectivity index (χ4n) is 0.458. The van der Waals surface area contributed by atoms with Crippen molar-refractivity contribution in [1.82, 2.24) is 0 Å². The second-order valence-electron chi connectivity index (χ2n) is 2.38. The lowest BCUT2D eigenvalue weighted by molar-refractivity contribution is -0.432. The predicted molar refractivity (Wildman–Crippen MR) is 72.0 cm³/mol. The number of hydrogen-bond donors (Lipinski definition) is 4. The van der Waals surface area contributed by atoms with E-state index in [-0.39, 0.29) is 0 Å². The van der Waals surface area contributed by atoms with E-state index < -0.39 is 10.1 Å². The van der Waals surface area contributed by atoms with Crippen molar-refractivity contribution >= 4 is 22.2 Å². The Labute approximate surface area is 116 Å². The van der Waals surface area contributed by atoms with Gasteiger partial charge in [0.25, 0.3) is 10.1 Å². The molecule has 0 aliphatic heterocycles. The largest absolute Gasteiger partial charge is 0.508 e. The minimum absolute atomic E-state index is 0.322. The summed E-state index contributed by atoms with van der Waals surface area (Å²) in [7, 11) is -2.67. The molecule has 10 heteroatoms. The van der Waals surface area contributed by atoms with Crippen molar-refractivity contribution in [1.29, 1.82) is 0 Å². The summed E-state index contributed by atoms with van der Waals surface area (Å²) < 4.78 is 29.7. The molecule has 4 N–H and O–H groups in total. The Hall–Kier alpha value is -0.880. The Balaban J connectivity index is -0.000000194. The van der Waals surface area contributed by atoms with Gasteiger partial charge in [0.1, 0.15) is 5.75 Å². The topological polar surface area (TPSA) is 134 Å². The summed E-state index contributed by atoms with van der Waals surface area (Å²) in [5.74, 6) is 0.322. The number of para-hydroxylation sites is 1. The predicted octanol–water partition coefficient (Wildman–Crippen LogP) is 1.19. The van der Waals surface area contributed by atoms with Crippen LogP contribution in [-0.2, 0) is 19.5 Å². The number of phenolic OH excluding ortho intramolecular Hbond substituents is 1. The molecule has 0 aliphatic rings. The van der Waals surface area contributed by atoms with E-state index >= 15 is 0 Å². The van der Waals surface area contributed by atoms with E-state index in [1.807, 2.05) is 6.07 Å². The molecule has 0 unspecified atom stereocenters. The zero-order chi connectivity index (χ0) is 15.7. The van der Waals surface area contributed by atoms with Crippen LogP contribution in [-0.4, -0.2) is 48.1 Å². The molecule has 0 atom stereocenters. The highest BCUT2D eigenvalue weighted by molar-refractivity contribution is 7.93. The molecular formula is C9H18O8S2. The molecule has 0 fully saturated rings. The lowest BCUT2D eigenvalue weighted by Gasteiger charge is -1.82. The molecule has 0 spiro atoms. The van der Waals surface area contributed by atoms with Gasteiger partial charge in [0.05, 0.1) is 6.26 Å². The SMILES string of the molecule is CO.CS(=O)(=O)O.CSOOO.Oc1ccccc1. The Kier molecular flexibility index (Phi) is 20.9. The number of hydrogen-bond acceptors (Lipinski definition) is 8. The van der Waals surface area contributed by atoms with Gasteiger partial charge in [-0.25, -0.2) is 5.26 Å². The summed E-state index contributed by atoms with van der Waals surface area (Å²) in [6.07, 6.45) is 2.34. The summed E-state index contributed by atoms with van der Waals surface area (Å²) >= 11 is 0.929. The molecule has 1 rings (SSSR count). The van der Waals surface area contributed by atoms with Gasteiger partial charge in [0, 0.05) is 25.4 Å². The number of phenols is 1. The number of benzene rings is 1. The van der Waals surface area contributed by atoms with Crippen LogP contribution in [0.2, 0.25) is 0 Å². The van der Waals surface area contributed by atoms with Gasteiger partial charge in [-0.2, -0.15) is 8.42 Å². The summed E-state index contributed by atoms with van der Waals surface area (Å²) in [5.41, 5.74) is 0. The molecule has 0 aliphatic carbocycles. The van der Waals surface area contributed by atoms with Crippen molar-refractivity contribution in [2.45, 2.75) is 0 Å². The molecule has 8 nitrogen and oxygen atoms in total. The second kappa shape index (κ2) is 17.1. The third-order valence-corrected chi connectivity index (χ3v) is 1.05. The van der Waals surface area contributed by atoms with Crippen molar-refractivity contribution < 1.29 is 37.8 Å². The Morgan fingerprint density at radius 3 is 1.63 bits per heavy atom. The maximum atomic E-state index is 9.19. The molecule has 114 valence electrons. The summed E-state index contributed by atoms with van der Waals surface area (Å²) in [6.45, 7) is 0. The van der Waals surface area contributed by atoms with Crippen LogP contribution in [0.25, 0.3) is 0 Å². The van der Waals surface area contributed by atoms with Gasteiger partial charge in [0.15, 0.2) is 0 Å². The Morgan fingerprint density at radius 2 is 1.53 bits per heavy atom. The standard InChI is InChI=1S/C6H6O.2CH4O3S.CH4O/c7-6-4-2-1-3-5-6;1-5(2,3)4;1-5-4-3-2;1-2/h1-5,7H;1H3,(H,2,3,4);2H,1H3;2H,1H3. The highest BCUT2D eigenvalue weighted by Crippen LogP contribution is 2.02. The third-order valence-electron chi connectivity index (χ3n) is 0.855. The molecule has 0 aromatic heterocycles. The van der Waals surface area contributed by atoms with E-state index in [0.29, 0.717) is 12.0 Å². The van der Waals surface area contributed by atoms with Gasteiger partial charge in [-0.3, -0.25) is 4.55 Å². The Morgan fingerprint density at radius 1 is 1.16 bits per heavy atom. The lowest BCUT2D eigenvalue weighted by Crippen LogP contribution is -1.88. The first-order chi connectivity index (χ1) is 8.81. The van der Waals surface area contributed by atoms with Gasteiger partial charge >= 0.3 is 0 Å². The highest BCUT2D eigenvalue weighted by atomic mass is 32.2. The van der Waals surface area contributed by atoms with Crippen LogP contribution in [0, 0.1) is 0 Å². The van der Waals surface area contributed by atoms with Gasteiger partial charge < -0.3 is 10.2 Å². The zero-order valence-corrected chi connectivity index (χ0v) is 12.3. The highest BCUT2D eigenvalue weighted by Gasteiger charge is 1.81. The van der Waals surface area contributed by atoms with Crippen LogP contribution >= 0.6 is 12.0 Å². The van der Waals surface area contributed by atoms with E-state index in [2.05, 4.69) is 9.37 Å². The van der Waals surface area contributed by atoms with Crippen molar-refractivity contribution in [3.8, 4) is 5.75 Å². The molecule has 0 saturated heterocycles. The molecule has 0 bridgehead atoms. The molecule has 1 aromatic rings. The molecule has 0 saturated carbocycles. The van der Waals surface area contributed by atoms with Gasteiger partial charge in [-0.1, -0.05) is 23.2 Å². The molecule has 1 aromatic carbocycles. The third kappa shape index (κ3) is 47.1. The molecule has 0 heterocycles. The monoisotopic (exact) mass is 318 g/mol. The molecule has 0 radical (unpaired) electrons. The van der Waals surface area contributed by atoms with Crippen molar-refractivity contribution in [3.05, 3.63) is 30.3 Å². The Bertz CT molecular complexity index is 344. The molecule has 19 heavy (non-hydrogen) atoms. The van der Waals surface area contributed by atoms with Gasteiger partial charge in [-0.05, 0) is 12.1 Å². The van der Waals surface area contributed by atoms with E-state index in [9.17, 15) is 8.42 Å². The average Bonchev–Trinajstić information content (AvgIpc) is 2.32. The van der Waals surface area contributed by atoms with Gasteiger partial charge in [0.2, 0.25) is 0 Å². The number of aliphatic hydroxyl groups excluding tert-OH is 1. The smallest absolute Gasteiger partial charge is 0.261 e. The van der Waals surface area contributed by atoms with Crippen molar-refractivity contribution in [2.24, 2.45) is 0 Å². The lowest BCUT2D eigenvalue weighted by atomic mass is 10.3. The first-order valence-electron chi connectivity index (χ1n) is 4.43. The summed E-state index contributed by atoms with van der Waals surface area (Å²) in [4.78, 5) is 0. The van der Waals surface area contributed by atoms with Crippen LogP contribution in [0.4, 0.5) is 0 Å². The maximum absolute atomic E-state index is 9.19. The zero-order valence-electron chi connectivity index (χ0n) is 10.6. The van der Waals surface area contributed by atoms with Crippen LogP contribution < -0.4 is 0 Å². The van der Waals surface area contributed by atoms with Gasteiger partial charge in [-0.15, -0.1) is 4.33 Å². The van der Waals surface area contributed by atoms with E-state index in [1.165, 1.54) is 0 Å². The average molecular weight is 318 g/mol. The van der Waals surface area contributed by atoms with Crippen LogP contribution in [0.3, 0.4) is 0 Å². The summed E-state index contributed by atoms with van der Waals surface area (Å²) in [6, 6.07) is 8.71.